The molecule has 0 saturated heterocycles. The molecule has 28 heavy (non-hydrogen) atoms. The van der Waals surface area contributed by atoms with Crippen LogP contribution in [-0.2, 0) is 4.79 Å². The van der Waals surface area contributed by atoms with Crippen LogP contribution in [0.3, 0.4) is 0 Å². The van der Waals surface area contributed by atoms with E-state index in [9.17, 15) is 4.79 Å². The molecule has 0 bridgehead atoms. The van der Waals surface area contributed by atoms with Crippen LogP contribution >= 0.6 is 0 Å². The molecule has 1 heterocycles. The van der Waals surface area contributed by atoms with Gasteiger partial charge in [-0.15, -0.1) is 0 Å². The molecule has 2 aromatic carbocycles. The summed E-state index contributed by atoms with van der Waals surface area (Å²) in [7, 11) is 9.78. The molecule has 1 aliphatic heterocycles. The summed E-state index contributed by atoms with van der Waals surface area (Å²) in [6.07, 6.45) is 5.67. The highest BCUT2D eigenvalue weighted by molar-refractivity contribution is 6.18. The SMILES string of the molecule is CN1C(=O)/C(=C/c2ccc(N(C)C)cc2)N=C1/C=C/c1ccc(N(C)C)cc1. The van der Waals surface area contributed by atoms with E-state index in [1.165, 1.54) is 0 Å². The zero-order chi connectivity index (χ0) is 20.3. The Morgan fingerprint density at radius 2 is 1.29 bits per heavy atom. The highest BCUT2D eigenvalue weighted by Gasteiger charge is 2.25. The van der Waals surface area contributed by atoms with Crippen molar-refractivity contribution >= 4 is 35.3 Å². The van der Waals surface area contributed by atoms with Gasteiger partial charge in [0.15, 0.2) is 0 Å². The van der Waals surface area contributed by atoms with E-state index >= 15 is 0 Å². The molecular formula is C23H26N4O. The molecule has 5 heteroatoms. The number of hydrogen-bond donors (Lipinski definition) is 0. The van der Waals surface area contributed by atoms with Gasteiger partial charge in [0, 0.05) is 46.6 Å². The molecule has 0 radical (unpaired) electrons. The van der Waals surface area contributed by atoms with Crippen molar-refractivity contribution in [3.63, 3.8) is 0 Å². The van der Waals surface area contributed by atoms with E-state index in [1.807, 2.05) is 87.7 Å². The number of nitrogens with zero attached hydrogens (tertiary/aromatic N) is 4. The van der Waals surface area contributed by atoms with Crippen molar-refractivity contribution in [2.45, 2.75) is 0 Å². The van der Waals surface area contributed by atoms with Gasteiger partial charge in [-0.2, -0.15) is 0 Å². The summed E-state index contributed by atoms with van der Waals surface area (Å²) in [6.45, 7) is 0. The molecule has 0 aromatic heterocycles. The van der Waals surface area contributed by atoms with Crippen LogP contribution in [0.5, 0.6) is 0 Å². The van der Waals surface area contributed by atoms with Crippen LogP contribution in [0.1, 0.15) is 11.1 Å². The number of carbonyl (C=O) groups is 1. The predicted molar refractivity (Wildman–Crippen MR) is 119 cm³/mol. The topological polar surface area (TPSA) is 39.2 Å². The van der Waals surface area contributed by atoms with Gasteiger partial charge in [-0.3, -0.25) is 9.69 Å². The molecule has 2 aromatic rings. The van der Waals surface area contributed by atoms with Crippen molar-refractivity contribution in [3.8, 4) is 0 Å². The first-order valence-corrected chi connectivity index (χ1v) is 9.16. The van der Waals surface area contributed by atoms with Gasteiger partial charge in [-0.1, -0.05) is 30.3 Å². The largest absolute Gasteiger partial charge is 0.378 e. The third kappa shape index (κ3) is 4.31. The van der Waals surface area contributed by atoms with E-state index in [-0.39, 0.29) is 5.91 Å². The van der Waals surface area contributed by atoms with Gasteiger partial charge in [-0.05, 0) is 47.5 Å². The number of aliphatic imine (C=N–C) groups is 1. The minimum atomic E-state index is -0.0979. The Balaban J connectivity index is 1.79. The Bertz CT molecular complexity index is 936. The molecule has 0 spiro atoms. The van der Waals surface area contributed by atoms with Gasteiger partial charge in [0.2, 0.25) is 0 Å². The Morgan fingerprint density at radius 1 is 0.786 bits per heavy atom. The van der Waals surface area contributed by atoms with Crippen molar-refractivity contribution < 1.29 is 4.79 Å². The molecule has 0 atom stereocenters. The molecule has 5 nitrogen and oxygen atoms in total. The lowest BCUT2D eigenvalue weighted by atomic mass is 10.1. The summed E-state index contributed by atoms with van der Waals surface area (Å²) < 4.78 is 0. The monoisotopic (exact) mass is 374 g/mol. The number of hydrogen-bond acceptors (Lipinski definition) is 4. The predicted octanol–water partition coefficient (Wildman–Crippen LogP) is 3.74. The first kappa shape index (κ1) is 19.4. The van der Waals surface area contributed by atoms with Gasteiger partial charge in [0.05, 0.1) is 0 Å². The van der Waals surface area contributed by atoms with Crippen LogP contribution < -0.4 is 9.80 Å². The molecule has 0 saturated carbocycles. The van der Waals surface area contributed by atoms with Gasteiger partial charge < -0.3 is 9.80 Å². The van der Waals surface area contributed by atoms with Crippen LogP contribution in [0.2, 0.25) is 0 Å². The molecule has 144 valence electrons. The quantitative estimate of drug-likeness (QED) is 0.749. The maximum atomic E-state index is 12.5. The second-order valence-electron chi connectivity index (χ2n) is 7.17. The van der Waals surface area contributed by atoms with E-state index in [2.05, 4.69) is 22.0 Å². The van der Waals surface area contributed by atoms with Crippen molar-refractivity contribution in [2.24, 2.45) is 4.99 Å². The first-order valence-electron chi connectivity index (χ1n) is 9.16. The van der Waals surface area contributed by atoms with Crippen LogP contribution in [0, 0.1) is 0 Å². The maximum Gasteiger partial charge on any atom is 0.277 e. The molecular weight excluding hydrogens is 348 g/mol. The lowest BCUT2D eigenvalue weighted by Crippen LogP contribution is -2.26. The Morgan fingerprint density at radius 3 is 1.79 bits per heavy atom. The van der Waals surface area contributed by atoms with E-state index in [0.717, 1.165) is 22.5 Å². The van der Waals surface area contributed by atoms with E-state index in [1.54, 1.807) is 11.9 Å². The molecule has 1 aliphatic rings. The van der Waals surface area contributed by atoms with Gasteiger partial charge in [0.1, 0.15) is 11.5 Å². The summed E-state index contributed by atoms with van der Waals surface area (Å²) in [5, 5.41) is 0. The van der Waals surface area contributed by atoms with Gasteiger partial charge >= 0.3 is 0 Å². The van der Waals surface area contributed by atoms with Crippen molar-refractivity contribution in [1.82, 2.24) is 4.90 Å². The zero-order valence-corrected chi connectivity index (χ0v) is 17.0. The second kappa shape index (κ2) is 8.13. The smallest absolute Gasteiger partial charge is 0.277 e. The number of amidine groups is 1. The number of carbonyl (C=O) groups excluding carboxylic acids is 1. The van der Waals surface area contributed by atoms with E-state index in [0.29, 0.717) is 11.5 Å². The lowest BCUT2D eigenvalue weighted by molar-refractivity contribution is -0.121. The molecule has 3 rings (SSSR count). The Labute approximate surface area is 166 Å². The Hall–Kier alpha value is -3.34. The molecule has 0 N–H and O–H groups in total. The summed E-state index contributed by atoms with van der Waals surface area (Å²) in [5.41, 5.74) is 4.72. The summed E-state index contributed by atoms with van der Waals surface area (Å²) in [4.78, 5) is 22.7. The van der Waals surface area contributed by atoms with Crippen LogP contribution in [0.25, 0.3) is 12.2 Å². The van der Waals surface area contributed by atoms with Crippen molar-refractivity contribution in [1.29, 1.82) is 0 Å². The van der Waals surface area contributed by atoms with Crippen LogP contribution in [-0.4, -0.2) is 51.9 Å². The highest BCUT2D eigenvalue weighted by atomic mass is 16.2. The average Bonchev–Trinajstić information content (AvgIpc) is 2.95. The number of amides is 1. The summed E-state index contributed by atoms with van der Waals surface area (Å²) in [6, 6.07) is 16.3. The zero-order valence-electron chi connectivity index (χ0n) is 17.0. The first-order chi connectivity index (χ1) is 13.3. The maximum absolute atomic E-state index is 12.5. The second-order valence-corrected chi connectivity index (χ2v) is 7.17. The summed E-state index contributed by atoms with van der Waals surface area (Å²) >= 11 is 0. The van der Waals surface area contributed by atoms with Crippen LogP contribution in [0.15, 0.2) is 65.3 Å². The standard InChI is InChI=1S/C23H26N4O/c1-25(2)19-11-6-17(7-12-19)10-15-22-24-21(23(28)27(22)5)16-18-8-13-20(14-9-18)26(3)4/h6-16H,1-5H3/b15-10+,21-16-. The molecule has 1 amide bonds. The Kier molecular flexibility index (Phi) is 5.64. The fourth-order valence-electron chi connectivity index (χ4n) is 2.85. The molecule has 0 aliphatic carbocycles. The van der Waals surface area contributed by atoms with Gasteiger partial charge in [-0.25, -0.2) is 4.99 Å². The number of likely N-dealkylation sites (N-methyl/N-ethyl adjacent to an activating group) is 1. The summed E-state index contributed by atoms with van der Waals surface area (Å²) in [5.74, 6) is 0.539. The number of benzene rings is 2. The fourth-order valence-corrected chi connectivity index (χ4v) is 2.85. The lowest BCUT2D eigenvalue weighted by Gasteiger charge is -2.12. The highest BCUT2D eigenvalue weighted by Crippen LogP contribution is 2.20. The van der Waals surface area contributed by atoms with Crippen molar-refractivity contribution in [3.05, 3.63) is 71.4 Å². The van der Waals surface area contributed by atoms with Crippen LogP contribution in [0.4, 0.5) is 11.4 Å². The normalized spacial score (nSPS) is 15.5. The van der Waals surface area contributed by atoms with Crippen molar-refractivity contribution in [2.75, 3.05) is 45.0 Å². The third-order valence-corrected chi connectivity index (χ3v) is 4.65. The minimum Gasteiger partial charge on any atom is -0.378 e. The number of rotatable bonds is 5. The minimum absolute atomic E-state index is 0.0979. The third-order valence-electron chi connectivity index (χ3n) is 4.65. The molecule has 0 fully saturated rings. The number of anilines is 2. The fraction of sp³-hybridized carbons (Fsp3) is 0.217. The average molecular weight is 374 g/mol. The van der Waals surface area contributed by atoms with Gasteiger partial charge in [0.25, 0.3) is 5.91 Å². The van der Waals surface area contributed by atoms with E-state index in [4.69, 9.17) is 0 Å². The van der Waals surface area contributed by atoms with E-state index < -0.39 is 0 Å². The molecule has 0 unspecified atom stereocenters.